The van der Waals surface area contributed by atoms with Gasteiger partial charge in [0.15, 0.2) is 0 Å². The van der Waals surface area contributed by atoms with Crippen LogP contribution in [0.5, 0.6) is 0 Å². The molecule has 0 spiro atoms. The minimum absolute atomic E-state index is 0.297. The molecule has 2 rings (SSSR count). The molecule has 0 radical (unpaired) electrons. The van der Waals surface area contributed by atoms with Gasteiger partial charge in [-0.1, -0.05) is 30.3 Å². The van der Waals surface area contributed by atoms with E-state index in [0.717, 1.165) is 13.1 Å². The van der Waals surface area contributed by atoms with E-state index in [-0.39, 0.29) is 11.9 Å². The van der Waals surface area contributed by atoms with E-state index in [2.05, 4.69) is 4.90 Å². The van der Waals surface area contributed by atoms with Crippen LogP contribution in [0.1, 0.15) is 5.56 Å². The van der Waals surface area contributed by atoms with Crippen LogP contribution in [0.3, 0.4) is 0 Å². The van der Waals surface area contributed by atoms with Crippen molar-refractivity contribution in [3.63, 3.8) is 0 Å². The Labute approximate surface area is 95.0 Å². The number of primary amides is 1. The molecule has 2 N–H and O–H groups in total. The van der Waals surface area contributed by atoms with Gasteiger partial charge in [-0.3, -0.25) is 9.69 Å². The molecule has 0 aliphatic carbocycles. The van der Waals surface area contributed by atoms with Crippen molar-refractivity contribution in [1.29, 1.82) is 0 Å². The van der Waals surface area contributed by atoms with E-state index in [1.807, 2.05) is 30.3 Å². The first-order valence-electron chi connectivity index (χ1n) is 5.42. The van der Waals surface area contributed by atoms with Crippen molar-refractivity contribution in [2.45, 2.75) is 12.6 Å². The second kappa shape index (κ2) is 5.09. The molecule has 0 bridgehead atoms. The summed E-state index contributed by atoms with van der Waals surface area (Å²) >= 11 is 0. The summed E-state index contributed by atoms with van der Waals surface area (Å²) in [5.74, 6) is -0.310. The summed E-state index contributed by atoms with van der Waals surface area (Å²) in [5, 5.41) is 0. The predicted octanol–water partition coefficient (Wildman–Crippen LogP) is 0.373. The molecule has 1 aromatic rings. The van der Waals surface area contributed by atoms with E-state index in [4.69, 9.17) is 10.5 Å². The van der Waals surface area contributed by atoms with Crippen molar-refractivity contribution in [2.75, 3.05) is 19.8 Å². The van der Waals surface area contributed by atoms with Gasteiger partial charge in [0.1, 0.15) is 6.04 Å². The van der Waals surface area contributed by atoms with E-state index in [1.165, 1.54) is 5.56 Å². The average molecular weight is 220 g/mol. The largest absolute Gasteiger partial charge is 0.378 e. The van der Waals surface area contributed by atoms with Crippen LogP contribution >= 0.6 is 0 Å². The van der Waals surface area contributed by atoms with Crippen molar-refractivity contribution < 1.29 is 9.53 Å². The van der Waals surface area contributed by atoms with Crippen LogP contribution in [-0.4, -0.2) is 36.6 Å². The average Bonchev–Trinajstić information content (AvgIpc) is 2.31. The van der Waals surface area contributed by atoms with E-state index in [0.29, 0.717) is 13.2 Å². The van der Waals surface area contributed by atoms with Crippen molar-refractivity contribution in [3.05, 3.63) is 35.9 Å². The summed E-state index contributed by atoms with van der Waals surface area (Å²) in [7, 11) is 0. The molecular formula is C12H16N2O2. The third kappa shape index (κ3) is 2.59. The number of hydrogen-bond acceptors (Lipinski definition) is 3. The molecule has 86 valence electrons. The maximum Gasteiger partial charge on any atom is 0.237 e. The zero-order valence-electron chi connectivity index (χ0n) is 9.13. The number of nitrogens with zero attached hydrogens (tertiary/aromatic N) is 1. The molecule has 1 aromatic carbocycles. The fourth-order valence-corrected chi connectivity index (χ4v) is 1.91. The number of nitrogens with two attached hydrogens (primary N) is 1. The molecule has 0 aromatic heterocycles. The summed E-state index contributed by atoms with van der Waals surface area (Å²) in [6.07, 6.45) is 0. The zero-order valence-corrected chi connectivity index (χ0v) is 9.13. The molecule has 1 aliphatic rings. The lowest BCUT2D eigenvalue weighted by molar-refractivity contribution is -0.129. The van der Waals surface area contributed by atoms with Gasteiger partial charge < -0.3 is 10.5 Å². The highest BCUT2D eigenvalue weighted by Crippen LogP contribution is 2.11. The highest BCUT2D eigenvalue weighted by Gasteiger charge is 2.27. The first-order chi connectivity index (χ1) is 7.77. The third-order valence-corrected chi connectivity index (χ3v) is 2.80. The first kappa shape index (κ1) is 11.1. The molecule has 1 heterocycles. The van der Waals surface area contributed by atoms with Gasteiger partial charge in [-0.2, -0.15) is 0 Å². The number of morpholine rings is 1. The van der Waals surface area contributed by atoms with Gasteiger partial charge in [0.25, 0.3) is 0 Å². The van der Waals surface area contributed by atoms with Crippen LogP contribution in [0.15, 0.2) is 30.3 Å². The van der Waals surface area contributed by atoms with Crippen molar-refractivity contribution >= 4 is 5.91 Å². The molecule has 0 saturated carbocycles. The Morgan fingerprint density at radius 2 is 2.19 bits per heavy atom. The van der Waals surface area contributed by atoms with Crippen molar-refractivity contribution in [1.82, 2.24) is 4.90 Å². The Balaban J connectivity index is 2.04. The molecule has 1 atom stereocenters. The molecule has 0 unspecified atom stereocenters. The number of benzene rings is 1. The van der Waals surface area contributed by atoms with Crippen LogP contribution < -0.4 is 5.73 Å². The Hall–Kier alpha value is -1.39. The number of amides is 1. The minimum Gasteiger partial charge on any atom is -0.378 e. The third-order valence-electron chi connectivity index (χ3n) is 2.80. The van der Waals surface area contributed by atoms with Crippen LogP contribution in [-0.2, 0) is 16.1 Å². The van der Waals surface area contributed by atoms with E-state index in [9.17, 15) is 4.79 Å². The summed E-state index contributed by atoms with van der Waals surface area (Å²) in [5.41, 5.74) is 6.54. The molecule has 16 heavy (non-hydrogen) atoms. The van der Waals surface area contributed by atoms with E-state index < -0.39 is 0 Å². The van der Waals surface area contributed by atoms with Gasteiger partial charge in [0.2, 0.25) is 5.91 Å². The zero-order chi connectivity index (χ0) is 11.4. The van der Waals surface area contributed by atoms with Gasteiger partial charge in [0, 0.05) is 13.1 Å². The van der Waals surface area contributed by atoms with Crippen molar-refractivity contribution in [2.24, 2.45) is 5.73 Å². The summed E-state index contributed by atoms with van der Waals surface area (Å²) in [4.78, 5) is 13.3. The second-order valence-corrected chi connectivity index (χ2v) is 3.95. The van der Waals surface area contributed by atoms with Gasteiger partial charge in [-0.05, 0) is 5.56 Å². The number of carbonyl (C=O) groups excluding carboxylic acids is 1. The Morgan fingerprint density at radius 1 is 1.44 bits per heavy atom. The number of carbonyl (C=O) groups is 1. The molecular weight excluding hydrogens is 204 g/mol. The maximum atomic E-state index is 11.3. The molecule has 4 nitrogen and oxygen atoms in total. The number of ether oxygens (including phenoxy) is 1. The van der Waals surface area contributed by atoms with Gasteiger partial charge >= 0.3 is 0 Å². The van der Waals surface area contributed by atoms with Gasteiger partial charge in [-0.15, -0.1) is 0 Å². The molecule has 1 fully saturated rings. The highest BCUT2D eigenvalue weighted by atomic mass is 16.5. The predicted molar refractivity (Wildman–Crippen MR) is 60.7 cm³/mol. The molecule has 1 aliphatic heterocycles. The normalized spacial score (nSPS) is 21.9. The monoisotopic (exact) mass is 220 g/mol. The maximum absolute atomic E-state index is 11.3. The molecule has 1 amide bonds. The van der Waals surface area contributed by atoms with E-state index in [1.54, 1.807) is 0 Å². The second-order valence-electron chi connectivity index (χ2n) is 3.95. The fourth-order valence-electron chi connectivity index (χ4n) is 1.91. The van der Waals surface area contributed by atoms with Gasteiger partial charge in [-0.25, -0.2) is 0 Å². The Morgan fingerprint density at radius 3 is 2.88 bits per heavy atom. The fraction of sp³-hybridized carbons (Fsp3) is 0.417. The smallest absolute Gasteiger partial charge is 0.237 e. The lowest BCUT2D eigenvalue weighted by Crippen LogP contribution is -2.51. The quantitative estimate of drug-likeness (QED) is 0.801. The minimum atomic E-state index is -0.310. The van der Waals surface area contributed by atoms with Crippen LogP contribution in [0, 0.1) is 0 Å². The highest BCUT2D eigenvalue weighted by molar-refractivity contribution is 5.80. The first-order valence-corrected chi connectivity index (χ1v) is 5.42. The van der Waals surface area contributed by atoms with Crippen LogP contribution in [0.4, 0.5) is 0 Å². The Bertz CT molecular complexity index is 353. The summed E-state index contributed by atoms with van der Waals surface area (Å²) in [6, 6.07) is 9.77. The molecule has 4 heteroatoms. The molecule has 1 saturated heterocycles. The lowest BCUT2D eigenvalue weighted by atomic mass is 10.1. The summed E-state index contributed by atoms with van der Waals surface area (Å²) < 4.78 is 5.27. The lowest BCUT2D eigenvalue weighted by Gasteiger charge is -2.33. The van der Waals surface area contributed by atoms with Crippen LogP contribution in [0.25, 0.3) is 0 Å². The summed E-state index contributed by atoms with van der Waals surface area (Å²) in [6.45, 7) is 2.57. The number of hydrogen-bond donors (Lipinski definition) is 1. The standard InChI is InChI=1S/C12H16N2O2/c13-12(15)11-9-16-7-6-14(11)8-10-4-2-1-3-5-10/h1-5,11H,6-9H2,(H2,13,15)/t11-/m1/s1. The Kier molecular flexibility index (Phi) is 3.54. The van der Waals surface area contributed by atoms with Gasteiger partial charge in [0.05, 0.1) is 13.2 Å². The van der Waals surface area contributed by atoms with Crippen LogP contribution in [0.2, 0.25) is 0 Å². The topological polar surface area (TPSA) is 55.6 Å². The van der Waals surface area contributed by atoms with E-state index >= 15 is 0 Å². The SMILES string of the molecule is NC(=O)[C@H]1COCCN1Cc1ccccc1. The number of rotatable bonds is 3. The van der Waals surface area contributed by atoms with Crippen molar-refractivity contribution in [3.8, 4) is 0 Å².